The molecule has 0 heterocycles. The molecular formula is C3Br2Cl2F3I. The molecule has 3 unspecified atom stereocenters. The minimum absolute atomic E-state index is 0.933. The van der Waals surface area contributed by atoms with Gasteiger partial charge in [0.05, 0.1) is 0 Å². The average Bonchev–Trinajstić information content (AvgIpc) is 1.58. The highest BCUT2D eigenvalue weighted by Gasteiger charge is 2.63. The molecule has 0 bridgehead atoms. The Morgan fingerprint density at radius 1 is 1.09 bits per heavy atom. The van der Waals surface area contributed by atoms with Gasteiger partial charge in [-0.05, 0) is 54.5 Å². The van der Waals surface area contributed by atoms with Crippen LogP contribution in [0.25, 0.3) is 0 Å². The van der Waals surface area contributed by atoms with Crippen LogP contribution in [0.4, 0.5) is 13.2 Å². The van der Waals surface area contributed by atoms with E-state index in [0.29, 0.717) is 0 Å². The maximum Gasteiger partial charge on any atom is 0.294 e. The van der Waals surface area contributed by atoms with Gasteiger partial charge < -0.3 is 0 Å². The Balaban J connectivity index is 4.75. The second-order valence-corrected chi connectivity index (χ2v) is 8.22. The Kier molecular flexibility index (Phi) is 4.35. The van der Waals surface area contributed by atoms with Crippen LogP contribution in [0.5, 0.6) is 0 Å². The van der Waals surface area contributed by atoms with E-state index < -0.39 is 11.7 Å². The van der Waals surface area contributed by atoms with E-state index in [2.05, 4.69) is 31.9 Å². The summed E-state index contributed by atoms with van der Waals surface area (Å²) in [6, 6.07) is 0. The lowest BCUT2D eigenvalue weighted by atomic mass is 10.4. The molecule has 8 heteroatoms. The highest BCUT2D eigenvalue weighted by Crippen LogP contribution is 2.56. The summed E-state index contributed by atoms with van der Waals surface area (Å²) in [6.07, 6.45) is 0. The lowest BCUT2D eigenvalue weighted by Crippen LogP contribution is -2.44. The molecule has 0 saturated heterocycles. The van der Waals surface area contributed by atoms with Gasteiger partial charge in [-0.2, -0.15) is 0 Å². The maximum atomic E-state index is 12.9. The van der Waals surface area contributed by atoms with Crippen molar-refractivity contribution in [2.24, 2.45) is 0 Å². The van der Waals surface area contributed by atoms with Gasteiger partial charge in [0.1, 0.15) is 0 Å². The Bertz CT molecular complexity index is 136. The molecule has 0 N–H and O–H groups in total. The van der Waals surface area contributed by atoms with Crippen molar-refractivity contribution in [2.75, 3.05) is 0 Å². The summed E-state index contributed by atoms with van der Waals surface area (Å²) >= 11 is 14.8. The molecule has 0 aromatic carbocycles. The van der Waals surface area contributed by atoms with Crippen molar-refractivity contribution in [3.8, 4) is 0 Å². The molecule has 68 valence electrons. The highest BCUT2D eigenvalue weighted by atomic mass is 127. The monoisotopic (exact) mass is 448 g/mol. The quantitative estimate of drug-likeness (QED) is 0.426. The molecule has 0 aliphatic rings. The lowest BCUT2D eigenvalue weighted by molar-refractivity contribution is 0.110. The van der Waals surface area contributed by atoms with Gasteiger partial charge in [-0.25, -0.2) is 13.2 Å². The molecule has 0 radical (unpaired) electrons. The van der Waals surface area contributed by atoms with E-state index in [9.17, 15) is 13.2 Å². The number of rotatable bonds is 2. The highest BCUT2D eigenvalue weighted by molar-refractivity contribution is 14.1. The molecule has 0 amide bonds. The topological polar surface area (TPSA) is 0 Å². The summed E-state index contributed by atoms with van der Waals surface area (Å²) < 4.78 is 32.2. The normalized spacial score (nSPS) is 28.4. The van der Waals surface area contributed by atoms with Crippen molar-refractivity contribution < 1.29 is 13.2 Å². The van der Waals surface area contributed by atoms with Crippen molar-refractivity contribution in [3.63, 3.8) is 0 Å². The van der Waals surface area contributed by atoms with Gasteiger partial charge in [0, 0.05) is 0 Å². The zero-order valence-electron chi connectivity index (χ0n) is 4.52. The number of alkyl halides is 8. The minimum atomic E-state index is -3.40. The average molecular weight is 451 g/mol. The predicted octanol–water partition coefficient (Wildman–Crippen LogP) is 4.60. The zero-order chi connectivity index (χ0) is 9.50. The Labute approximate surface area is 102 Å². The van der Waals surface area contributed by atoms with Gasteiger partial charge in [-0.3, -0.25) is 0 Å². The predicted molar refractivity (Wildman–Crippen MR) is 55.1 cm³/mol. The van der Waals surface area contributed by atoms with Gasteiger partial charge in [-0.15, -0.1) is 0 Å². The van der Waals surface area contributed by atoms with E-state index in [1.165, 1.54) is 0 Å². The number of halogens is 8. The van der Waals surface area contributed by atoms with E-state index in [-0.39, 0.29) is 0 Å². The van der Waals surface area contributed by atoms with E-state index in [1.54, 1.807) is 0 Å². The molecule has 0 aromatic heterocycles. The number of hydrogen-bond acceptors (Lipinski definition) is 0. The third kappa shape index (κ3) is 3.03. The minimum Gasteiger partial charge on any atom is -0.214 e. The van der Waals surface area contributed by atoms with E-state index >= 15 is 0 Å². The first kappa shape index (κ1) is 13.1. The van der Waals surface area contributed by atoms with E-state index in [1.807, 2.05) is 0 Å². The van der Waals surface area contributed by atoms with Crippen LogP contribution < -0.4 is 0 Å². The van der Waals surface area contributed by atoms with Crippen LogP contribution in [0.2, 0.25) is 0 Å². The van der Waals surface area contributed by atoms with Gasteiger partial charge in [0.15, 0.2) is 0 Å². The summed E-state index contributed by atoms with van der Waals surface area (Å²) in [6.45, 7) is 0. The van der Waals surface area contributed by atoms with Crippen LogP contribution in [0.1, 0.15) is 0 Å². The van der Waals surface area contributed by atoms with Crippen LogP contribution >= 0.6 is 77.7 Å². The van der Waals surface area contributed by atoms with Crippen molar-refractivity contribution in [1.29, 1.82) is 0 Å². The second-order valence-electron chi connectivity index (χ2n) is 1.57. The molecule has 0 fully saturated rings. The molecule has 0 aliphatic heterocycles. The van der Waals surface area contributed by atoms with Crippen molar-refractivity contribution in [1.82, 2.24) is 0 Å². The largest absolute Gasteiger partial charge is 0.294 e. The molecule has 0 spiro atoms. The Morgan fingerprint density at radius 3 is 1.36 bits per heavy atom. The van der Waals surface area contributed by atoms with E-state index in [4.69, 9.17) is 23.2 Å². The third-order valence-corrected chi connectivity index (χ3v) is 4.20. The molecule has 0 aromatic rings. The SMILES string of the molecule is FC(Cl)(Br)C(F)(Cl)C(F)(Br)I. The third-order valence-electron chi connectivity index (χ3n) is 0.712. The molecule has 0 nitrogen and oxygen atoms in total. The first-order valence-electron chi connectivity index (χ1n) is 2.01. The van der Waals surface area contributed by atoms with Crippen molar-refractivity contribution >= 4 is 77.7 Å². The standard InChI is InChI=1S/C3Br2Cl2F3I/c4-2(7,9)1(6,8)3(5,10)11. The molecular weight excluding hydrogens is 451 g/mol. The summed E-state index contributed by atoms with van der Waals surface area (Å²) in [5.41, 5.74) is 0. The maximum absolute atomic E-state index is 12.9. The van der Waals surface area contributed by atoms with Crippen LogP contribution in [0.3, 0.4) is 0 Å². The molecule has 3 atom stereocenters. The number of hydrogen-bond donors (Lipinski definition) is 0. The second kappa shape index (κ2) is 3.67. The molecule has 0 rings (SSSR count). The van der Waals surface area contributed by atoms with Gasteiger partial charge in [0.25, 0.3) is 11.7 Å². The van der Waals surface area contributed by atoms with Crippen LogP contribution in [0, 0.1) is 0 Å². The fourth-order valence-electron chi connectivity index (χ4n) is 0.161. The van der Waals surface area contributed by atoms with Gasteiger partial charge in [0.2, 0.25) is 0 Å². The first-order valence-corrected chi connectivity index (χ1v) is 5.43. The van der Waals surface area contributed by atoms with Crippen molar-refractivity contribution in [3.05, 3.63) is 0 Å². The fraction of sp³-hybridized carbons (Fsp3) is 1.00. The summed E-state index contributed by atoms with van der Waals surface area (Å²) in [5, 5.41) is -3.40. The zero-order valence-corrected chi connectivity index (χ0v) is 11.4. The van der Waals surface area contributed by atoms with Gasteiger partial charge >= 0.3 is 0 Å². The van der Waals surface area contributed by atoms with Crippen LogP contribution in [-0.2, 0) is 0 Å². The molecule has 0 aliphatic carbocycles. The van der Waals surface area contributed by atoms with Gasteiger partial charge in [-0.1, -0.05) is 23.2 Å². The van der Waals surface area contributed by atoms with E-state index in [0.717, 1.165) is 22.6 Å². The Morgan fingerprint density at radius 2 is 1.36 bits per heavy atom. The molecule has 11 heavy (non-hydrogen) atoms. The fourth-order valence-corrected chi connectivity index (χ4v) is 2.12. The lowest BCUT2D eigenvalue weighted by Gasteiger charge is -2.29. The smallest absolute Gasteiger partial charge is 0.214 e. The summed E-state index contributed by atoms with van der Waals surface area (Å²) in [5.74, 6) is 0. The summed E-state index contributed by atoms with van der Waals surface area (Å²) in [4.78, 5) is 0. The van der Waals surface area contributed by atoms with Crippen molar-refractivity contribution in [2.45, 2.75) is 11.7 Å². The van der Waals surface area contributed by atoms with Crippen LogP contribution in [-0.4, -0.2) is 11.7 Å². The molecule has 0 saturated carbocycles. The summed E-state index contributed by atoms with van der Waals surface area (Å²) in [7, 11) is 0. The first-order chi connectivity index (χ1) is 4.50. The Hall–Kier alpha value is 2.06. The van der Waals surface area contributed by atoms with Crippen LogP contribution in [0.15, 0.2) is 0 Å².